The molecular weight excluding hydrogens is 164 g/mol. The Morgan fingerprint density at radius 2 is 2.23 bits per heavy atom. The Bertz CT molecular complexity index is 361. The van der Waals surface area contributed by atoms with Crippen molar-refractivity contribution in [1.29, 1.82) is 0 Å². The summed E-state index contributed by atoms with van der Waals surface area (Å²) in [6, 6.07) is 0. The maximum absolute atomic E-state index is 11.9. The SMILES string of the molecule is Cc1nn(C)cc1C(=O)C1(C)CC1. The highest BCUT2D eigenvalue weighted by molar-refractivity contribution is 6.02. The van der Waals surface area contributed by atoms with E-state index in [9.17, 15) is 4.79 Å². The average Bonchev–Trinajstić information content (AvgIpc) is 2.71. The number of Topliss-reactive ketones (excluding diaryl/α,β-unsaturated/α-hetero) is 1. The molecule has 1 aliphatic carbocycles. The third-order valence-corrected chi connectivity index (χ3v) is 2.81. The topological polar surface area (TPSA) is 34.9 Å². The predicted molar refractivity (Wildman–Crippen MR) is 49.6 cm³/mol. The highest BCUT2D eigenvalue weighted by atomic mass is 16.1. The Kier molecular flexibility index (Phi) is 1.59. The van der Waals surface area contributed by atoms with Crippen LogP contribution in [0.3, 0.4) is 0 Å². The van der Waals surface area contributed by atoms with Gasteiger partial charge in [-0.3, -0.25) is 9.48 Å². The van der Waals surface area contributed by atoms with Gasteiger partial charge in [0.05, 0.1) is 11.3 Å². The molecule has 0 aromatic carbocycles. The van der Waals surface area contributed by atoms with Crippen molar-refractivity contribution in [3.05, 3.63) is 17.5 Å². The second-order valence-corrected chi connectivity index (χ2v) is 4.19. The first-order chi connectivity index (χ1) is 6.03. The number of nitrogens with zero attached hydrogens (tertiary/aromatic N) is 2. The van der Waals surface area contributed by atoms with E-state index in [0.29, 0.717) is 0 Å². The average molecular weight is 178 g/mol. The second-order valence-electron chi connectivity index (χ2n) is 4.19. The molecule has 3 nitrogen and oxygen atoms in total. The van der Waals surface area contributed by atoms with E-state index in [1.807, 2.05) is 27.1 Å². The quantitative estimate of drug-likeness (QED) is 0.646. The molecule has 1 aliphatic rings. The van der Waals surface area contributed by atoms with Gasteiger partial charge in [0, 0.05) is 18.7 Å². The number of hydrogen-bond acceptors (Lipinski definition) is 2. The van der Waals surface area contributed by atoms with E-state index in [0.717, 1.165) is 24.1 Å². The van der Waals surface area contributed by atoms with Gasteiger partial charge in [0.25, 0.3) is 0 Å². The fourth-order valence-electron chi connectivity index (χ4n) is 1.56. The lowest BCUT2D eigenvalue weighted by molar-refractivity contribution is 0.0912. The van der Waals surface area contributed by atoms with Crippen LogP contribution in [0, 0.1) is 12.3 Å². The molecule has 0 amide bonds. The predicted octanol–water partition coefficient (Wildman–Crippen LogP) is 1.71. The minimum Gasteiger partial charge on any atom is -0.293 e. The number of hydrogen-bond donors (Lipinski definition) is 0. The molecule has 0 aliphatic heterocycles. The molecule has 0 bridgehead atoms. The lowest BCUT2D eigenvalue weighted by Gasteiger charge is -2.04. The van der Waals surface area contributed by atoms with E-state index < -0.39 is 0 Å². The molecule has 13 heavy (non-hydrogen) atoms. The second kappa shape index (κ2) is 2.44. The van der Waals surface area contributed by atoms with E-state index in [1.165, 1.54) is 0 Å². The molecule has 0 saturated heterocycles. The summed E-state index contributed by atoms with van der Waals surface area (Å²) in [6.07, 6.45) is 3.88. The lowest BCUT2D eigenvalue weighted by Crippen LogP contribution is -2.12. The summed E-state index contributed by atoms with van der Waals surface area (Å²) < 4.78 is 1.70. The Labute approximate surface area is 77.7 Å². The van der Waals surface area contributed by atoms with Crippen molar-refractivity contribution in [2.75, 3.05) is 0 Å². The van der Waals surface area contributed by atoms with Crippen LogP contribution in [-0.4, -0.2) is 15.6 Å². The summed E-state index contributed by atoms with van der Waals surface area (Å²) in [5.41, 5.74) is 1.57. The molecule has 1 aromatic rings. The van der Waals surface area contributed by atoms with E-state index in [2.05, 4.69) is 5.10 Å². The van der Waals surface area contributed by atoms with Crippen LogP contribution in [0.25, 0.3) is 0 Å². The third-order valence-electron chi connectivity index (χ3n) is 2.81. The summed E-state index contributed by atoms with van der Waals surface area (Å²) in [5, 5.41) is 4.17. The molecule has 1 fully saturated rings. The van der Waals surface area contributed by atoms with Crippen LogP contribution in [0.5, 0.6) is 0 Å². The van der Waals surface area contributed by atoms with Gasteiger partial charge in [0.15, 0.2) is 5.78 Å². The number of aromatic nitrogens is 2. The molecule has 2 rings (SSSR count). The Morgan fingerprint density at radius 3 is 2.62 bits per heavy atom. The van der Waals surface area contributed by atoms with E-state index in [-0.39, 0.29) is 11.2 Å². The largest absolute Gasteiger partial charge is 0.293 e. The van der Waals surface area contributed by atoms with Gasteiger partial charge in [-0.25, -0.2) is 0 Å². The lowest BCUT2D eigenvalue weighted by atomic mass is 9.98. The van der Waals surface area contributed by atoms with Crippen molar-refractivity contribution in [1.82, 2.24) is 9.78 Å². The van der Waals surface area contributed by atoms with Gasteiger partial charge in [-0.15, -0.1) is 0 Å². The van der Waals surface area contributed by atoms with Crippen molar-refractivity contribution in [3.8, 4) is 0 Å². The molecule has 0 N–H and O–H groups in total. The van der Waals surface area contributed by atoms with E-state index in [4.69, 9.17) is 0 Å². The van der Waals surface area contributed by atoms with Gasteiger partial charge >= 0.3 is 0 Å². The highest BCUT2D eigenvalue weighted by Gasteiger charge is 2.45. The first kappa shape index (κ1) is 8.48. The van der Waals surface area contributed by atoms with Crippen molar-refractivity contribution in [3.63, 3.8) is 0 Å². The maximum atomic E-state index is 11.9. The van der Waals surface area contributed by atoms with E-state index in [1.54, 1.807) is 4.68 Å². The first-order valence-corrected chi connectivity index (χ1v) is 4.58. The summed E-state index contributed by atoms with van der Waals surface area (Å²) in [4.78, 5) is 11.9. The van der Waals surface area contributed by atoms with Crippen LogP contribution in [0.2, 0.25) is 0 Å². The number of aryl methyl sites for hydroxylation is 2. The van der Waals surface area contributed by atoms with Crippen molar-refractivity contribution in [2.24, 2.45) is 12.5 Å². The number of carbonyl (C=O) groups excluding carboxylic acids is 1. The molecule has 0 unspecified atom stereocenters. The van der Waals surface area contributed by atoms with Gasteiger partial charge in [0.1, 0.15) is 0 Å². The smallest absolute Gasteiger partial charge is 0.172 e. The Balaban J connectivity index is 2.35. The number of ketones is 1. The van der Waals surface area contributed by atoms with Crippen molar-refractivity contribution < 1.29 is 4.79 Å². The highest BCUT2D eigenvalue weighted by Crippen LogP contribution is 2.47. The zero-order valence-corrected chi connectivity index (χ0v) is 8.29. The molecule has 0 spiro atoms. The zero-order chi connectivity index (χ0) is 9.64. The summed E-state index contributed by atoms with van der Waals surface area (Å²) in [7, 11) is 1.85. The standard InChI is InChI=1S/C10H14N2O/c1-7-8(6-12(3)11-7)9(13)10(2)4-5-10/h6H,4-5H2,1-3H3. The molecule has 0 radical (unpaired) electrons. The third kappa shape index (κ3) is 1.28. The normalized spacial score (nSPS) is 18.7. The van der Waals surface area contributed by atoms with Gasteiger partial charge in [-0.05, 0) is 19.8 Å². The molecule has 1 heterocycles. The molecule has 1 saturated carbocycles. The first-order valence-electron chi connectivity index (χ1n) is 4.58. The van der Waals surface area contributed by atoms with Gasteiger partial charge < -0.3 is 0 Å². The van der Waals surface area contributed by atoms with Crippen LogP contribution in [-0.2, 0) is 7.05 Å². The van der Waals surface area contributed by atoms with Crippen molar-refractivity contribution >= 4 is 5.78 Å². The molecule has 0 atom stereocenters. The fraction of sp³-hybridized carbons (Fsp3) is 0.600. The monoisotopic (exact) mass is 178 g/mol. The number of carbonyl (C=O) groups is 1. The minimum atomic E-state index is -0.0756. The molecule has 70 valence electrons. The van der Waals surface area contributed by atoms with Gasteiger partial charge in [0.2, 0.25) is 0 Å². The summed E-state index contributed by atoms with van der Waals surface area (Å²) >= 11 is 0. The van der Waals surface area contributed by atoms with Crippen LogP contribution >= 0.6 is 0 Å². The minimum absolute atomic E-state index is 0.0756. The van der Waals surface area contributed by atoms with Gasteiger partial charge in [-0.1, -0.05) is 6.92 Å². The maximum Gasteiger partial charge on any atom is 0.172 e. The Hall–Kier alpha value is -1.12. The fourth-order valence-corrected chi connectivity index (χ4v) is 1.56. The van der Waals surface area contributed by atoms with Crippen LogP contribution in [0.4, 0.5) is 0 Å². The summed E-state index contributed by atoms with van der Waals surface area (Å²) in [6.45, 7) is 3.92. The Morgan fingerprint density at radius 1 is 1.62 bits per heavy atom. The van der Waals surface area contributed by atoms with Crippen LogP contribution in [0.15, 0.2) is 6.20 Å². The van der Waals surface area contributed by atoms with Crippen LogP contribution in [0.1, 0.15) is 35.8 Å². The number of rotatable bonds is 2. The molecule has 1 aromatic heterocycles. The van der Waals surface area contributed by atoms with E-state index >= 15 is 0 Å². The van der Waals surface area contributed by atoms with Crippen LogP contribution < -0.4 is 0 Å². The molecular formula is C10H14N2O. The van der Waals surface area contributed by atoms with Gasteiger partial charge in [-0.2, -0.15) is 5.10 Å². The zero-order valence-electron chi connectivity index (χ0n) is 8.29. The summed E-state index contributed by atoms with van der Waals surface area (Å²) in [5.74, 6) is 0.262. The van der Waals surface area contributed by atoms with Crippen molar-refractivity contribution in [2.45, 2.75) is 26.7 Å². The molecule has 3 heteroatoms.